The van der Waals surface area contributed by atoms with Gasteiger partial charge in [-0.25, -0.2) is 0 Å². The van der Waals surface area contributed by atoms with E-state index in [-0.39, 0.29) is 5.88 Å². The van der Waals surface area contributed by atoms with Crippen molar-refractivity contribution >= 4 is 0 Å². The van der Waals surface area contributed by atoms with Gasteiger partial charge in [-0.3, -0.25) is 5.11 Å². The second kappa shape index (κ2) is 1.94. The van der Waals surface area contributed by atoms with Gasteiger partial charge in [0, 0.05) is 12.0 Å². The van der Waals surface area contributed by atoms with Crippen LogP contribution in [0.5, 0.6) is 5.88 Å². The zero-order chi connectivity index (χ0) is 6.97. The molecule has 1 heterocycles. The number of hydrogen-bond donors (Lipinski definition) is 0. The molecule has 1 fully saturated rings. The molecule has 0 amide bonds. The predicted octanol–water partition coefficient (Wildman–Crippen LogP) is 1.50. The summed E-state index contributed by atoms with van der Waals surface area (Å²) in [4.78, 5) is 0. The van der Waals surface area contributed by atoms with Crippen LogP contribution in [0.2, 0.25) is 0 Å². The Kier molecular flexibility index (Phi) is 1.09. The molecule has 1 aromatic heterocycles. The molecular formula is C7H7N2O. The zero-order valence-electron chi connectivity index (χ0n) is 5.45. The Bertz CT molecular complexity index is 228. The van der Waals surface area contributed by atoms with Crippen molar-refractivity contribution in [3.63, 3.8) is 0 Å². The first-order chi connectivity index (χ1) is 4.86. The normalized spacial score (nSPS) is 17.2. The van der Waals surface area contributed by atoms with Gasteiger partial charge in [0.15, 0.2) is 0 Å². The summed E-state index contributed by atoms with van der Waals surface area (Å²) in [6.07, 6.45) is 2.40. The van der Waals surface area contributed by atoms with Crippen LogP contribution < -0.4 is 0 Å². The van der Waals surface area contributed by atoms with Crippen LogP contribution >= 0.6 is 0 Å². The third-order valence-electron chi connectivity index (χ3n) is 1.66. The summed E-state index contributed by atoms with van der Waals surface area (Å²) in [5.41, 5.74) is 0.972. The summed E-state index contributed by atoms with van der Waals surface area (Å²) in [7, 11) is 0. The van der Waals surface area contributed by atoms with Gasteiger partial charge in [-0.2, -0.15) is 5.10 Å². The highest BCUT2D eigenvalue weighted by atomic mass is 16.3. The standard InChI is InChI=1S/C7H7N2O/c10-7-4-3-6(8-9-7)5-1-2-5/h3-5H,1-2H2. The Hall–Kier alpha value is -1.12. The maximum Gasteiger partial charge on any atom is 0.288 e. The van der Waals surface area contributed by atoms with Crippen LogP contribution in [0.4, 0.5) is 0 Å². The molecule has 1 aromatic rings. The molecule has 0 saturated heterocycles. The smallest absolute Gasteiger partial charge is 0.266 e. The lowest BCUT2D eigenvalue weighted by Gasteiger charge is -1.91. The Balaban J connectivity index is 2.28. The van der Waals surface area contributed by atoms with E-state index in [4.69, 9.17) is 0 Å². The van der Waals surface area contributed by atoms with E-state index in [1.165, 1.54) is 18.9 Å². The first-order valence-electron chi connectivity index (χ1n) is 3.37. The molecular weight excluding hydrogens is 128 g/mol. The van der Waals surface area contributed by atoms with Crippen LogP contribution in [-0.2, 0) is 5.11 Å². The maximum atomic E-state index is 10.5. The van der Waals surface area contributed by atoms with E-state index in [1.54, 1.807) is 6.07 Å². The SMILES string of the molecule is [O]c1ccc(C2CC2)nn1. The Labute approximate surface area is 58.7 Å². The highest BCUT2D eigenvalue weighted by Gasteiger charge is 2.25. The summed E-state index contributed by atoms with van der Waals surface area (Å²) in [5.74, 6) is 0.345. The van der Waals surface area contributed by atoms with Gasteiger partial charge in [0.1, 0.15) is 0 Å². The largest absolute Gasteiger partial charge is 0.288 e. The topological polar surface area (TPSA) is 45.7 Å². The Morgan fingerprint density at radius 3 is 2.60 bits per heavy atom. The molecule has 0 unspecified atom stereocenters. The van der Waals surface area contributed by atoms with Crippen molar-refractivity contribution in [1.82, 2.24) is 10.2 Å². The zero-order valence-corrected chi connectivity index (χ0v) is 5.45. The summed E-state index contributed by atoms with van der Waals surface area (Å²) in [6.45, 7) is 0. The van der Waals surface area contributed by atoms with Crippen LogP contribution in [0.3, 0.4) is 0 Å². The van der Waals surface area contributed by atoms with E-state index in [0.29, 0.717) is 5.92 Å². The lowest BCUT2D eigenvalue weighted by atomic mass is 10.3. The molecule has 10 heavy (non-hydrogen) atoms. The molecule has 1 aliphatic rings. The molecule has 1 aliphatic carbocycles. The fourth-order valence-electron chi connectivity index (χ4n) is 0.927. The summed E-state index contributed by atoms with van der Waals surface area (Å²) >= 11 is 0. The molecule has 51 valence electrons. The molecule has 0 atom stereocenters. The molecule has 0 spiro atoms. The van der Waals surface area contributed by atoms with E-state index < -0.39 is 0 Å². The quantitative estimate of drug-likeness (QED) is 0.585. The molecule has 0 bridgehead atoms. The van der Waals surface area contributed by atoms with E-state index in [0.717, 1.165) is 5.69 Å². The second-order valence-corrected chi connectivity index (χ2v) is 2.57. The number of rotatable bonds is 1. The minimum Gasteiger partial charge on any atom is -0.266 e. The Morgan fingerprint density at radius 1 is 1.30 bits per heavy atom. The third kappa shape index (κ3) is 0.943. The van der Waals surface area contributed by atoms with Crippen LogP contribution in [0.15, 0.2) is 12.1 Å². The van der Waals surface area contributed by atoms with Gasteiger partial charge in [-0.15, -0.1) is 5.10 Å². The molecule has 0 N–H and O–H groups in total. The van der Waals surface area contributed by atoms with Crippen LogP contribution in [0.1, 0.15) is 24.5 Å². The molecule has 0 aromatic carbocycles. The lowest BCUT2D eigenvalue weighted by Crippen LogP contribution is -1.87. The van der Waals surface area contributed by atoms with Gasteiger partial charge >= 0.3 is 0 Å². The minimum atomic E-state index is -0.246. The van der Waals surface area contributed by atoms with Crippen molar-refractivity contribution in [3.05, 3.63) is 17.8 Å². The van der Waals surface area contributed by atoms with Gasteiger partial charge in [0.2, 0.25) is 0 Å². The Morgan fingerprint density at radius 2 is 2.10 bits per heavy atom. The summed E-state index contributed by atoms with van der Waals surface area (Å²) in [5, 5.41) is 17.7. The highest BCUT2D eigenvalue weighted by Crippen LogP contribution is 2.38. The summed E-state index contributed by atoms with van der Waals surface area (Å²) < 4.78 is 0. The van der Waals surface area contributed by atoms with Gasteiger partial charge < -0.3 is 0 Å². The molecule has 3 heteroatoms. The van der Waals surface area contributed by atoms with E-state index in [1.807, 2.05) is 0 Å². The monoisotopic (exact) mass is 135 g/mol. The van der Waals surface area contributed by atoms with Crippen LogP contribution in [0.25, 0.3) is 0 Å². The van der Waals surface area contributed by atoms with Crippen molar-refractivity contribution in [2.45, 2.75) is 18.8 Å². The molecule has 2 rings (SSSR count). The first-order valence-corrected chi connectivity index (χ1v) is 3.37. The fourth-order valence-corrected chi connectivity index (χ4v) is 0.927. The van der Waals surface area contributed by atoms with Gasteiger partial charge in [-0.1, -0.05) is 0 Å². The van der Waals surface area contributed by atoms with Crippen LogP contribution in [-0.4, -0.2) is 10.2 Å². The highest BCUT2D eigenvalue weighted by molar-refractivity contribution is 5.16. The van der Waals surface area contributed by atoms with Crippen LogP contribution in [0, 0.1) is 0 Å². The first kappa shape index (κ1) is 5.65. The second-order valence-electron chi connectivity index (χ2n) is 2.57. The van der Waals surface area contributed by atoms with E-state index in [9.17, 15) is 5.11 Å². The third-order valence-corrected chi connectivity index (χ3v) is 1.66. The van der Waals surface area contributed by atoms with Gasteiger partial charge in [0.05, 0.1) is 5.69 Å². The van der Waals surface area contributed by atoms with Crippen molar-refractivity contribution in [3.8, 4) is 5.88 Å². The molecule has 1 saturated carbocycles. The maximum absolute atomic E-state index is 10.5. The van der Waals surface area contributed by atoms with Crippen molar-refractivity contribution < 1.29 is 5.11 Å². The van der Waals surface area contributed by atoms with E-state index >= 15 is 0 Å². The number of nitrogens with zero attached hydrogens (tertiary/aromatic N) is 2. The predicted molar refractivity (Wildman–Crippen MR) is 34.1 cm³/mol. The average Bonchev–Trinajstić information content (AvgIpc) is 2.71. The minimum absolute atomic E-state index is 0.246. The lowest BCUT2D eigenvalue weighted by molar-refractivity contribution is 0.331. The van der Waals surface area contributed by atoms with Crippen molar-refractivity contribution in [1.29, 1.82) is 0 Å². The van der Waals surface area contributed by atoms with Crippen molar-refractivity contribution in [2.24, 2.45) is 0 Å². The molecule has 3 nitrogen and oxygen atoms in total. The number of hydrogen-bond acceptors (Lipinski definition) is 2. The van der Waals surface area contributed by atoms with Gasteiger partial charge in [0.25, 0.3) is 5.88 Å². The fraction of sp³-hybridized carbons (Fsp3) is 0.429. The van der Waals surface area contributed by atoms with E-state index in [2.05, 4.69) is 10.2 Å². The van der Waals surface area contributed by atoms with Gasteiger partial charge in [-0.05, 0) is 18.9 Å². The summed E-state index contributed by atoms with van der Waals surface area (Å²) in [6, 6.07) is 3.24. The average molecular weight is 135 g/mol. The van der Waals surface area contributed by atoms with Crippen molar-refractivity contribution in [2.75, 3.05) is 0 Å². The molecule has 0 aliphatic heterocycles. The number of aromatic nitrogens is 2. The molecule has 1 radical (unpaired) electrons.